The fraction of sp³-hybridized carbons (Fsp3) is 0.208. The number of hydrogen-bond acceptors (Lipinski definition) is 6. The molecule has 0 spiro atoms. The van der Waals surface area contributed by atoms with Gasteiger partial charge in [0, 0.05) is 18.1 Å². The molecule has 0 aliphatic rings. The van der Waals surface area contributed by atoms with Crippen LogP contribution in [0.3, 0.4) is 0 Å². The molecular weight excluding hydrogens is 438 g/mol. The lowest BCUT2D eigenvalue weighted by molar-refractivity contribution is 0.402. The molecule has 0 aliphatic heterocycles. The molecule has 0 fully saturated rings. The third-order valence-electron chi connectivity index (χ3n) is 4.91. The molecule has 33 heavy (non-hydrogen) atoms. The van der Waals surface area contributed by atoms with Gasteiger partial charge in [-0.15, -0.1) is 0 Å². The van der Waals surface area contributed by atoms with Crippen LogP contribution in [0, 0.1) is 11.5 Å². The second-order valence-corrected chi connectivity index (χ2v) is 9.39. The van der Waals surface area contributed by atoms with E-state index in [1.807, 2.05) is 26.1 Å². The first-order valence-corrected chi connectivity index (χ1v) is 11.7. The molecule has 0 aliphatic carbocycles. The SMILES string of the molecule is COc1ccc(C(C)C)cc1S(=O)(=O)c1ccc(CN=C(NC#N)Nc2ccncc2)cc1. The minimum Gasteiger partial charge on any atom is -0.495 e. The summed E-state index contributed by atoms with van der Waals surface area (Å²) in [5.41, 5.74) is 2.43. The quantitative estimate of drug-likeness (QED) is 0.235. The Labute approximate surface area is 193 Å². The molecule has 0 atom stereocenters. The van der Waals surface area contributed by atoms with Gasteiger partial charge in [0.2, 0.25) is 15.8 Å². The van der Waals surface area contributed by atoms with E-state index in [4.69, 9.17) is 10.00 Å². The molecule has 8 nitrogen and oxygen atoms in total. The summed E-state index contributed by atoms with van der Waals surface area (Å²) in [7, 11) is -2.31. The number of benzene rings is 2. The molecule has 3 aromatic rings. The third kappa shape index (κ3) is 5.87. The largest absolute Gasteiger partial charge is 0.495 e. The Morgan fingerprint density at radius 2 is 1.82 bits per heavy atom. The minimum absolute atomic E-state index is 0.143. The molecule has 9 heteroatoms. The fourth-order valence-electron chi connectivity index (χ4n) is 3.07. The van der Waals surface area contributed by atoms with Gasteiger partial charge in [-0.05, 0) is 53.4 Å². The summed E-state index contributed by atoms with van der Waals surface area (Å²) < 4.78 is 31.9. The molecule has 0 bridgehead atoms. The van der Waals surface area contributed by atoms with E-state index < -0.39 is 9.84 Å². The van der Waals surface area contributed by atoms with Crippen molar-refractivity contribution in [1.82, 2.24) is 10.3 Å². The highest BCUT2D eigenvalue weighted by molar-refractivity contribution is 7.91. The fourth-order valence-corrected chi connectivity index (χ4v) is 4.52. The summed E-state index contributed by atoms with van der Waals surface area (Å²) in [6.07, 6.45) is 5.09. The first-order valence-electron chi connectivity index (χ1n) is 10.2. The van der Waals surface area contributed by atoms with Crippen LogP contribution in [-0.4, -0.2) is 26.5 Å². The maximum atomic E-state index is 13.3. The van der Waals surface area contributed by atoms with Crippen LogP contribution in [0.4, 0.5) is 5.69 Å². The van der Waals surface area contributed by atoms with E-state index in [1.54, 1.807) is 60.9 Å². The predicted octanol–water partition coefficient (Wildman–Crippen LogP) is 4.09. The van der Waals surface area contributed by atoms with Gasteiger partial charge in [0.25, 0.3) is 0 Å². The summed E-state index contributed by atoms with van der Waals surface area (Å²) in [6, 6.07) is 15.2. The van der Waals surface area contributed by atoms with Crippen LogP contribution in [0.15, 0.2) is 81.8 Å². The molecule has 2 aromatic carbocycles. The van der Waals surface area contributed by atoms with Gasteiger partial charge in [0.15, 0.2) is 6.19 Å². The average molecular weight is 464 g/mol. The van der Waals surface area contributed by atoms with E-state index >= 15 is 0 Å². The Balaban J connectivity index is 1.83. The first kappa shape index (κ1) is 23.8. The highest BCUT2D eigenvalue weighted by Crippen LogP contribution is 2.32. The van der Waals surface area contributed by atoms with Gasteiger partial charge in [0.1, 0.15) is 10.6 Å². The van der Waals surface area contributed by atoms with Crippen molar-refractivity contribution in [1.29, 1.82) is 5.26 Å². The Morgan fingerprint density at radius 3 is 2.42 bits per heavy atom. The zero-order chi connectivity index (χ0) is 23.8. The smallest absolute Gasteiger partial charge is 0.210 e. The summed E-state index contributed by atoms with van der Waals surface area (Å²) in [5.74, 6) is 0.764. The number of aromatic nitrogens is 1. The highest BCUT2D eigenvalue weighted by atomic mass is 32.2. The lowest BCUT2D eigenvalue weighted by atomic mass is 10.0. The lowest BCUT2D eigenvalue weighted by Gasteiger charge is -2.13. The summed E-state index contributed by atoms with van der Waals surface area (Å²) >= 11 is 0. The van der Waals surface area contributed by atoms with Crippen molar-refractivity contribution >= 4 is 21.5 Å². The van der Waals surface area contributed by atoms with E-state index in [1.165, 1.54) is 7.11 Å². The molecule has 1 heterocycles. The van der Waals surface area contributed by atoms with Crippen LogP contribution in [0.1, 0.15) is 30.9 Å². The molecule has 0 amide bonds. The van der Waals surface area contributed by atoms with Crippen molar-refractivity contribution in [3.05, 3.63) is 78.1 Å². The molecular formula is C24H25N5O3S. The number of rotatable bonds is 7. The second-order valence-electron chi connectivity index (χ2n) is 7.47. The van der Waals surface area contributed by atoms with Crippen LogP contribution in [-0.2, 0) is 16.4 Å². The molecule has 0 radical (unpaired) electrons. The number of nitriles is 1. The van der Waals surface area contributed by atoms with E-state index in [2.05, 4.69) is 20.6 Å². The van der Waals surface area contributed by atoms with Crippen molar-refractivity contribution in [2.45, 2.75) is 36.1 Å². The van der Waals surface area contributed by atoms with Gasteiger partial charge in [-0.3, -0.25) is 10.3 Å². The van der Waals surface area contributed by atoms with Gasteiger partial charge < -0.3 is 10.1 Å². The molecule has 2 N–H and O–H groups in total. The number of nitrogens with zero attached hydrogens (tertiary/aromatic N) is 3. The Hall–Kier alpha value is -3.90. The number of guanidine groups is 1. The Bertz CT molecular complexity index is 1270. The Morgan fingerprint density at radius 1 is 1.12 bits per heavy atom. The zero-order valence-electron chi connectivity index (χ0n) is 18.6. The number of ether oxygens (including phenoxy) is 1. The van der Waals surface area contributed by atoms with Crippen LogP contribution < -0.4 is 15.4 Å². The van der Waals surface area contributed by atoms with Gasteiger partial charge in [0.05, 0.1) is 18.6 Å². The van der Waals surface area contributed by atoms with Crippen molar-refractivity contribution < 1.29 is 13.2 Å². The van der Waals surface area contributed by atoms with E-state index in [0.29, 0.717) is 5.75 Å². The third-order valence-corrected chi connectivity index (χ3v) is 6.71. The van der Waals surface area contributed by atoms with Crippen LogP contribution in [0.5, 0.6) is 5.75 Å². The molecule has 0 saturated carbocycles. The zero-order valence-corrected chi connectivity index (χ0v) is 19.4. The molecule has 170 valence electrons. The maximum Gasteiger partial charge on any atom is 0.210 e. The van der Waals surface area contributed by atoms with Crippen molar-refractivity contribution in [3.63, 3.8) is 0 Å². The average Bonchev–Trinajstić information content (AvgIpc) is 2.83. The number of sulfone groups is 1. The second kappa shape index (κ2) is 10.6. The van der Waals surface area contributed by atoms with E-state index in [0.717, 1.165) is 16.8 Å². The molecule has 1 aromatic heterocycles. The van der Waals surface area contributed by atoms with E-state index in [9.17, 15) is 8.42 Å². The standard InChI is InChI=1S/C24H25N5O3S/c1-17(2)19-6-9-22(32-3)23(14-19)33(30,31)21-7-4-18(5-8-21)15-27-24(28-16-25)29-20-10-12-26-13-11-20/h4-14,17H,15H2,1-3H3,(H2,26,27,28,29). The number of nitrogens with one attached hydrogen (secondary N) is 2. The van der Waals surface area contributed by atoms with Crippen molar-refractivity contribution in [2.75, 3.05) is 12.4 Å². The van der Waals surface area contributed by atoms with Gasteiger partial charge in [-0.2, -0.15) is 5.26 Å². The lowest BCUT2D eigenvalue weighted by Crippen LogP contribution is -2.26. The minimum atomic E-state index is -3.77. The summed E-state index contributed by atoms with van der Waals surface area (Å²) in [4.78, 5) is 8.62. The monoisotopic (exact) mass is 463 g/mol. The van der Waals surface area contributed by atoms with Gasteiger partial charge >= 0.3 is 0 Å². The molecule has 0 unspecified atom stereocenters. The molecule has 0 saturated heterocycles. The maximum absolute atomic E-state index is 13.3. The predicted molar refractivity (Wildman–Crippen MR) is 127 cm³/mol. The number of pyridine rings is 1. The normalized spacial score (nSPS) is 11.7. The number of anilines is 1. The van der Waals surface area contributed by atoms with E-state index in [-0.39, 0.29) is 28.2 Å². The number of hydrogen-bond donors (Lipinski definition) is 2. The first-order chi connectivity index (χ1) is 15.8. The topological polar surface area (TPSA) is 116 Å². The summed E-state index contributed by atoms with van der Waals surface area (Å²) in [6.45, 7) is 4.26. The van der Waals surface area contributed by atoms with Crippen molar-refractivity contribution in [3.8, 4) is 11.9 Å². The Kier molecular flexibility index (Phi) is 7.64. The number of aliphatic imine (C=N–C) groups is 1. The van der Waals surface area contributed by atoms with Crippen LogP contribution >= 0.6 is 0 Å². The van der Waals surface area contributed by atoms with Crippen molar-refractivity contribution in [2.24, 2.45) is 4.99 Å². The van der Waals surface area contributed by atoms with Crippen LogP contribution in [0.25, 0.3) is 0 Å². The van der Waals surface area contributed by atoms with Gasteiger partial charge in [-0.25, -0.2) is 13.4 Å². The summed E-state index contributed by atoms with van der Waals surface area (Å²) in [5, 5.41) is 14.5. The van der Waals surface area contributed by atoms with Crippen LogP contribution in [0.2, 0.25) is 0 Å². The number of methoxy groups -OCH3 is 1. The highest BCUT2D eigenvalue weighted by Gasteiger charge is 2.23. The molecule has 3 rings (SSSR count). The van der Waals surface area contributed by atoms with Gasteiger partial charge in [-0.1, -0.05) is 32.0 Å².